The molecule has 4 rings (SSSR count). The van der Waals surface area contributed by atoms with Gasteiger partial charge in [-0.3, -0.25) is 4.79 Å². The maximum absolute atomic E-state index is 13.4. The maximum atomic E-state index is 13.4. The number of piperidine rings is 1. The Kier molecular flexibility index (Phi) is 7.67. The molecule has 2 unspecified atom stereocenters. The van der Waals surface area contributed by atoms with E-state index < -0.39 is 17.5 Å². The third-order valence-corrected chi connectivity index (χ3v) is 6.94. The number of rotatable bonds is 8. The number of aliphatic hydroxyl groups is 1. The second-order valence-electron chi connectivity index (χ2n) is 9.01. The van der Waals surface area contributed by atoms with Gasteiger partial charge in [0.1, 0.15) is 18.8 Å². The SMILES string of the molecule is O=C(Nc1ccncn1)C(COC(=O)C(O)(c1ccccc1)C1CCCC1)[C@H]1CCCNC1. The molecule has 8 nitrogen and oxygen atoms in total. The molecular formula is C25H32N4O4. The van der Waals surface area contributed by atoms with E-state index in [-0.39, 0.29) is 24.3 Å². The molecule has 0 bridgehead atoms. The standard InChI is InChI=1S/C25H32N4O4/c30-23(29-22-12-14-27-17-28-22)21(18-7-6-13-26-15-18)16-33-24(31)25(32,20-10-4-5-11-20)19-8-2-1-3-9-19/h1-3,8-9,12,14,17-18,20-21,26,32H,4-7,10-11,13,15-16H2,(H,27,28,29,30)/t18-,21?,25?/m0/s1. The molecule has 3 N–H and O–H groups in total. The number of anilines is 1. The number of carbonyl (C=O) groups excluding carboxylic acids is 2. The third-order valence-electron chi connectivity index (χ3n) is 6.94. The van der Waals surface area contributed by atoms with E-state index >= 15 is 0 Å². The number of ether oxygens (including phenoxy) is 1. The van der Waals surface area contributed by atoms with Crippen molar-refractivity contribution in [3.8, 4) is 0 Å². The van der Waals surface area contributed by atoms with Gasteiger partial charge in [-0.2, -0.15) is 0 Å². The van der Waals surface area contributed by atoms with E-state index in [0.29, 0.717) is 17.9 Å². The van der Waals surface area contributed by atoms with Gasteiger partial charge in [-0.05, 0) is 56.3 Å². The average molecular weight is 453 g/mol. The first kappa shape index (κ1) is 23.3. The van der Waals surface area contributed by atoms with Crippen molar-refractivity contribution in [3.63, 3.8) is 0 Å². The highest BCUT2D eigenvalue weighted by Crippen LogP contribution is 2.41. The molecule has 8 heteroatoms. The highest BCUT2D eigenvalue weighted by molar-refractivity contribution is 5.92. The smallest absolute Gasteiger partial charge is 0.343 e. The molecule has 0 radical (unpaired) electrons. The Morgan fingerprint density at radius 2 is 1.94 bits per heavy atom. The summed E-state index contributed by atoms with van der Waals surface area (Å²) < 4.78 is 5.74. The maximum Gasteiger partial charge on any atom is 0.343 e. The van der Waals surface area contributed by atoms with Crippen LogP contribution in [0.5, 0.6) is 0 Å². The minimum absolute atomic E-state index is 0.0182. The van der Waals surface area contributed by atoms with Gasteiger partial charge in [-0.1, -0.05) is 43.2 Å². The number of esters is 1. The number of amides is 1. The molecule has 0 spiro atoms. The van der Waals surface area contributed by atoms with Crippen LogP contribution in [0.3, 0.4) is 0 Å². The van der Waals surface area contributed by atoms with Crippen molar-refractivity contribution in [1.29, 1.82) is 0 Å². The molecular weight excluding hydrogens is 420 g/mol. The van der Waals surface area contributed by atoms with Gasteiger partial charge < -0.3 is 20.5 Å². The number of aromatic nitrogens is 2. The molecule has 1 aromatic carbocycles. The first-order valence-electron chi connectivity index (χ1n) is 11.8. The lowest BCUT2D eigenvalue weighted by molar-refractivity contribution is -0.176. The zero-order valence-corrected chi connectivity index (χ0v) is 18.8. The zero-order chi connectivity index (χ0) is 23.1. The van der Waals surface area contributed by atoms with Crippen LogP contribution in [0.25, 0.3) is 0 Å². The highest BCUT2D eigenvalue weighted by atomic mass is 16.6. The number of hydrogen-bond acceptors (Lipinski definition) is 7. The van der Waals surface area contributed by atoms with Gasteiger partial charge in [0.05, 0.1) is 5.92 Å². The molecule has 1 saturated heterocycles. The fraction of sp³-hybridized carbons (Fsp3) is 0.520. The number of nitrogens with zero attached hydrogens (tertiary/aromatic N) is 2. The van der Waals surface area contributed by atoms with E-state index in [1.807, 2.05) is 18.2 Å². The second-order valence-corrected chi connectivity index (χ2v) is 9.01. The van der Waals surface area contributed by atoms with Crippen molar-refractivity contribution < 1.29 is 19.4 Å². The van der Waals surface area contributed by atoms with Crippen LogP contribution in [-0.2, 0) is 19.9 Å². The van der Waals surface area contributed by atoms with Gasteiger partial charge >= 0.3 is 5.97 Å². The van der Waals surface area contributed by atoms with E-state index in [1.165, 1.54) is 6.33 Å². The molecule has 1 aliphatic carbocycles. The largest absolute Gasteiger partial charge is 0.462 e. The predicted molar refractivity (Wildman–Crippen MR) is 123 cm³/mol. The number of nitrogens with one attached hydrogen (secondary N) is 2. The normalized spacial score (nSPS) is 21.7. The number of carbonyl (C=O) groups is 2. The van der Waals surface area contributed by atoms with Crippen molar-refractivity contribution in [1.82, 2.24) is 15.3 Å². The first-order valence-corrected chi connectivity index (χ1v) is 11.8. The third kappa shape index (κ3) is 5.39. The van der Waals surface area contributed by atoms with E-state index in [4.69, 9.17) is 4.74 Å². The molecule has 1 saturated carbocycles. The topological polar surface area (TPSA) is 113 Å². The summed E-state index contributed by atoms with van der Waals surface area (Å²) in [7, 11) is 0. The van der Waals surface area contributed by atoms with Crippen LogP contribution in [0.2, 0.25) is 0 Å². The fourth-order valence-corrected chi connectivity index (χ4v) is 5.06. The van der Waals surface area contributed by atoms with Crippen molar-refractivity contribution >= 4 is 17.7 Å². The molecule has 1 aromatic heterocycles. The van der Waals surface area contributed by atoms with Crippen molar-refractivity contribution in [3.05, 3.63) is 54.5 Å². The molecule has 1 aliphatic heterocycles. The molecule has 3 atom stereocenters. The molecule has 2 aromatic rings. The van der Waals surface area contributed by atoms with Gasteiger partial charge in [0.2, 0.25) is 5.91 Å². The first-order chi connectivity index (χ1) is 16.1. The van der Waals surface area contributed by atoms with Crippen LogP contribution in [0.4, 0.5) is 5.82 Å². The van der Waals surface area contributed by atoms with Gasteiger partial charge in [0, 0.05) is 12.1 Å². The van der Waals surface area contributed by atoms with Crippen LogP contribution in [0.1, 0.15) is 44.1 Å². The highest BCUT2D eigenvalue weighted by Gasteiger charge is 2.48. The van der Waals surface area contributed by atoms with Gasteiger partial charge in [0.15, 0.2) is 5.60 Å². The number of benzene rings is 1. The van der Waals surface area contributed by atoms with Crippen molar-refractivity contribution in [2.75, 3.05) is 25.0 Å². The monoisotopic (exact) mass is 452 g/mol. The lowest BCUT2D eigenvalue weighted by atomic mass is 9.80. The summed E-state index contributed by atoms with van der Waals surface area (Å²) in [6.07, 6.45) is 8.23. The minimum atomic E-state index is -1.71. The fourth-order valence-electron chi connectivity index (χ4n) is 5.06. The summed E-state index contributed by atoms with van der Waals surface area (Å²) in [4.78, 5) is 34.5. The van der Waals surface area contributed by atoms with Crippen LogP contribution in [0, 0.1) is 17.8 Å². The second kappa shape index (κ2) is 10.9. The summed E-state index contributed by atoms with van der Waals surface area (Å²) in [6, 6.07) is 10.6. The Bertz CT molecular complexity index is 915. The van der Waals surface area contributed by atoms with Crippen LogP contribution in [0.15, 0.2) is 48.9 Å². The molecule has 33 heavy (non-hydrogen) atoms. The van der Waals surface area contributed by atoms with Crippen LogP contribution >= 0.6 is 0 Å². The molecule has 2 aliphatic rings. The Labute approximate surface area is 194 Å². The van der Waals surface area contributed by atoms with Crippen LogP contribution in [-0.4, -0.2) is 46.6 Å². The Hall–Kier alpha value is -2.84. The summed E-state index contributed by atoms with van der Waals surface area (Å²) in [5.41, 5.74) is -1.17. The predicted octanol–water partition coefficient (Wildman–Crippen LogP) is 2.65. The number of hydrogen-bond donors (Lipinski definition) is 3. The van der Waals surface area contributed by atoms with E-state index in [0.717, 1.165) is 45.1 Å². The lowest BCUT2D eigenvalue weighted by Gasteiger charge is -2.34. The molecule has 1 amide bonds. The quantitative estimate of drug-likeness (QED) is 0.528. The van der Waals surface area contributed by atoms with Gasteiger partial charge in [-0.25, -0.2) is 14.8 Å². The Balaban J connectivity index is 1.51. The molecule has 2 heterocycles. The van der Waals surface area contributed by atoms with Gasteiger partial charge in [-0.15, -0.1) is 0 Å². The summed E-state index contributed by atoms with van der Waals surface area (Å²) in [5, 5.41) is 17.8. The molecule has 2 fully saturated rings. The Morgan fingerprint density at radius 3 is 2.61 bits per heavy atom. The summed E-state index contributed by atoms with van der Waals surface area (Å²) >= 11 is 0. The average Bonchev–Trinajstić information content (AvgIpc) is 3.41. The van der Waals surface area contributed by atoms with Crippen molar-refractivity contribution in [2.45, 2.75) is 44.1 Å². The van der Waals surface area contributed by atoms with Crippen LogP contribution < -0.4 is 10.6 Å². The van der Waals surface area contributed by atoms with Crippen molar-refractivity contribution in [2.24, 2.45) is 17.8 Å². The molecule has 176 valence electrons. The Morgan fingerprint density at radius 1 is 1.15 bits per heavy atom. The summed E-state index contributed by atoms with van der Waals surface area (Å²) in [6.45, 7) is 1.49. The zero-order valence-electron chi connectivity index (χ0n) is 18.8. The van der Waals surface area contributed by atoms with E-state index in [2.05, 4.69) is 20.6 Å². The summed E-state index contributed by atoms with van der Waals surface area (Å²) in [5.74, 6) is -1.26. The van der Waals surface area contributed by atoms with E-state index in [9.17, 15) is 14.7 Å². The van der Waals surface area contributed by atoms with Gasteiger partial charge in [0.25, 0.3) is 0 Å². The minimum Gasteiger partial charge on any atom is -0.462 e. The van der Waals surface area contributed by atoms with E-state index in [1.54, 1.807) is 24.4 Å². The lowest BCUT2D eigenvalue weighted by Crippen LogP contribution is -2.46.